The van der Waals surface area contributed by atoms with Crippen LogP contribution in [0.5, 0.6) is 5.75 Å². The Bertz CT molecular complexity index is 365. The van der Waals surface area contributed by atoms with Crippen LogP contribution in [0.15, 0.2) is 23.5 Å². The fourth-order valence-electron chi connectivity index (χ4n) is 1.20. The summed E-state index contributed by atoms with van der Waals surface area (Å²) in [6.07, 6.45) is 1.47. The Morgan fingerprint density at radius 1 is 1.59 bits per heavy atom. The van der Waals surface area contributed by atoms with Crippen LogP contribution in [-0.2, 0) is 4.74 Å². The maximum absolute atomic E-state index is 8.48. The molecule has 6 nitrogen and oxygen atoms in total. The molecule has 0 saturated heterocycles. The van der Waals surface area contributed by atoms with Crippen LogP contribution in [0.4, 0.5) is 0 Å². The molecule has 0 radical (unpaired) electrons. The van der Waals surface area contributed by atoms with Gasteiger partial charge in [-0.1, -0.05) is 5.16 Å². The maximum Gasteiger partial charge on any atom is 0.188 e. The number of aromatic nitrogens is 1. The minimum atomic E-state index is -0.0496. The van der Waals surface area contributed by atoms with Gasteiger partial charge in [0.2, 0.25) is 0 Å². The first-order chi connectivity index (χ1) is 8.17. The summed E-state index contributed by atoms with van der Waals surface area (Å²) in [5.41, 5.74) is 5.79. The highest BCUT2D eigenvalue weighted by molar-refractivity contribution is 5.95. The lowest BCUT2D eigenvalue weighted by atomic mass is 10.3. The van der Waals surface area contributed by atoms with Crippen molar-refractivity contribution < 1.29 is 14.7 Å². The summed E-state index contributed by atoms with van der Waals surface area (Å²) in [5, 5.41) is 11.3. The number of nitrogens with zero attached hydrogens (tertiary/aromatic N) is 2. The summed E-state index contributed by atoms with van der Waals surface area (Å²) >= 11 is 0. The van der Waals surface area contributed by atoms with Gasteiger partial charge in [0.25, 0.3) is 0 Å². The van der Waals surface area contributed by atoms with Crippen molar-refractivity contribution in [2.75, 3.05) is 13.2 Å². The monoisotopic (exact) mass is 239 g/mol. The second-order valence-electron chi connectivity index (χ2n) is 3.45. The van der Waals surface area contributed by atoms with Crippen LogP contribution in [0, 0.1) is 0 Å². The molecular formula is C11H17N3O3. The Balaban J connectivity index is 2.56. The summed E-state index contributed by atoms with van der Waals surface area (Å²) in [6, 6.07) is 3.33. The van der Waals surface area contributed by atoms with Crippen LogP contribution in [0.3, 0.4) is 0 Å². The van der Waals surface area contributed by atoms with E-state index in [1.54, 1.807) is 12.1 Å². The molecule has 6 heteroatoms. The van der Waals surface area contributed by atoms with Gasteiger partial charge in [-0.2, -0.15) is 0 Å². The van der Waals surface area contributed by atoms with E-state index in [9.17, 15) is 0 Å². The average molecular weight is 239 g/mol. The van der Waals surface area contributed by atoms with Gasteiger partial charge in [-0.25, -0.2) is 4.98 Å². The van der Waals surface area contributed by atoms with Crippen molar-refractivity contribution in [3.8, 4) is 5.75 Å². The highest BCUT2D eigenvalue weighted by atomic mass is 16.5. The molecule has 0 saturated carbocycles. The van der Waals surface area contributed by atoms with Crippen LogP contribution in [0.2, 0.25) is 0 Å². The smallest absolute Gasteiger partial charge is 0.188 e. The van der Waals surface area contributed by atoms with Gasteiger partial charge in [0, 0.05) is 6.61 Å². The van der Waals surface area contributed by atoms with E-state index in [0.717, 1.165) is 0 Å². The summed E-state index contributed by atoms with van der Waals surface area (Å²) < 4.78 is 10.8. The zero-order valence-electron chi connectivity index (χ0n) is 9.96. The molecule has 0 aliphatic carbocycles. The van der Waals surface area contributed by atoms with Crippen LogP contribution in [-0.4, -0.2) is 35.3 Å². The van der Waals surface area contributed by atoms with Gasteiger partial charge in [0.05, 0.1) is 12.8 Å². The standard InChI is InChI=1S/C11H17N3O3/c1-3-16-7-8(2)17-9-4-5-10(13-6-9)11(12)14-15/h4-6,8,15H,3,7H2,1-2H3,(H2,12,14). The van der Waals surface area contributed by atoms with E-state index >= 15 is 0 Å². The third-order valence-electron chi connectivity index (χ3n) is 2.00. The second-order valence-corrected chi connectivity index (χ2v) is 3.45. The van der Waals surface area contributed by atoms with Crippen molar-refractivity contribution in [1.82, 2.24) is 4.98 Å². The number of hydrogen-bond acceptors (Lipinski definition) is 5. The highest BCUT2D eigenvalue weighted by Gasteiger charge is 2.05. The predicted octanol–water partition coefficient (Wildman–Crippen LogP) is 0.980. The largest absolute Gasteiger partial charge is 0.487 e. The van der Waals surface area contributed by atoms with Crippen LogP contribution in [0.1, 0.15) is 19.5 Å². The molecule has 1 rings (SSSR count). The van der Waals surface area contributed by atoms with Gasteiger partial charge in [0.15, 0.2) is 5.84 Å². The molecular weight excluding hydrogens is 222 g/mol. The zero-order chi connectivity index (χ0) is 12.7. The SMILES string of the molecule is CCOCC(C)Oc1ccc(/C(N)=N/O)nc1. The van der Waals surface area contributed by atoms with Gasteiger partial charge < -0.3 is 20.4 Å². The van der Waals surface area contributed by atoms with Gasteiger partial charge in [-0.05, 0) is 26.0 Å². The topological polar surface area (TPSA) is 90.0 Å². The van der Waals surface area contributed by atoms with Crippen molar-refractivity contribution in [3.05, 3.63) is 24.0 Å². The first-order valence-electron chi connectivity index (χ1n) is 5.35. The van der Waals surface area contributed by atoms with Crippen LogP contribution in [0.25, 0.3) is 0 Å². The van der Waals surface area contributed by atoms with Gasteiger partial charge in [-0.15, -0.1) is 0 Å². The normalized spacial score (nSPS) is 13.4. The van der Waals surface area contributed by atoms with Crippen LogP contribution >= 0.6 is 0 Å². The van der Waals surface area contributed by atoms with Gasteiger partial charge in [0.1, 0.15) is 17.5 Å². The predicted molar refractivity (Wildman–Crippen MR) is 63.3 cm³/mol. The maximum atomic E-state index is 8.48. The third kappa shape index (κ3) is 4.28. The van der Waals surface area contributed by atoms with E-state index in [1.807, 2.05) is 13.8 Å². The molecule has 0 aliphatic rings. The molecule has 1 heterocycles. The molecule has 0 aliphatic heterocycles. The lowest BCUT2D eigenvalue weighted by Crippen LogP contribution is -2.19. The van der Waals surface area contributed by atoms with Crippen molar-refractivity contribution >= 4 is 5.84 Å². The van der Waals surface area contributed by atoms with Crippen molar-refractivity contribution in [2.24, 2.45) is 10.9 Å². The molecule has 3 N–H and O–H groups in total. The Hall–Kier alpha value is -1.82. The van der Waals surface area contributed by atoms with E-state index in [0.29, 0.717) is 24.7 Å². The summed E-state index contributed by atoms with van der Waals surface area (Å²) in [5.74, 6) is 0.589. The van der Waals surface area contributed by atoms with Crippen LogP contribution < -0.4 is 10.5 Å². The minimum Gasteiger partial charge on any atom is -0.487 e. The lowest BCUT2D eigenvalue weighted by molar-refractivity contribution is 0.0655. The van der Waals surface area contributed by atoms with Gasteiger partial charge in [-0.3, -0.25) is 0 Å². The van der Waals surface area contributed by atoms with E-state index in [4.69, 9.17) is 20.4 Å². The summed E-state index contributed by atoms with van der Waals surface area (Å²) in [6.45, 7) is 5.03. The number of nitrogens with two attached hydrogens (primary N) is 1. The fourth-order valence-corrected chi connectivity index (χ4v) is 1.20. The van der Waals surface area contributed by atoms with E-state index < -0.39 is 0 Å². The highest BCUT2D eigenvalue weighted by Crippen LogP contribution is 2.11. The second kappa shape index (κ2) is 6.70. The molecule has 17 heavy (non-hydrogen) atoms. The Labute approximate surface area is 100 Å². The van der Waals surface area contributed by atoms with Gasteiger partial charge >= 0.3 is 0 Å². The van der Waals surface area contributed by atoms with E-state index in [-0.39, 0.29) is 11.9 Å². The molecule has 0 spiro atoms. The zero-order valence-corrected chi connectivity index (χ0v) is 9.96. The quantitative estimate of drug-likeness (QED) is 0.334. The molecule has 0 aromatic carbocycles. The molecule has 1 aromatic heterocycles. The van der Waals surface area contributed by atoms with Crippen molar-refractivity contribution in [2.45, 2.75) is 20.0 Å². The molecule has 1 atom stereocenters. The molecule has 0 bridgehead atoms. The summed E-state index contributed by atoms with van der Waals surface area (Å²) in [7, 11) is 0. The first-order valence-corrected chi connectivity index (χ1v) is 5.35. The number of hydrogen-bond donors (Lipinski definition) is 2. The number of rotatable bonds is 6. The molecule has 1 aromatic rings. The van der Waals surface area contributed by atoms with E-state index in [1.165, 1.54) is 6.20 Å². The molecule has 0 fully saturated rings. The minimum absolute atomic E-state index is 0.0288. The molecule has 1 unspecified atom stereocenters. The number of oxime groups is 1. The van der Waals surface area contributed by atoms with E-state index in [2.05, 4.69) is 10.1 Å². The fraction of sp³-hybridized carbons (Fsp3) is 0.455. The lowest BCUT2D eigenvalue weighted by Gasteiger charge is -2.14. The van der Waals surface area contributed by atoms with Crippen molar-refractivity contribution in [1.29, 1.82) is 0 Å². The number of pyridine rings is 1. The average Bonchev–Trinajstić information content (AvgIpc) is 2.36. The Morgan fingerprint density at radius 3 is 2.88 bits per heavy atom. The Morgan fingerprint density at radius 2 is 2.35 bits per heavy atom. The summed E-state index contributed by atoms with van der Waals surface area (Å²) in [4.78, 5) is 4.00. The molecule has 0 amide bonds. The third-order valence-corrected chi connectivity index (χ3v) is 2.00. The molecule has 94 valence electrons. The number of amidine groups is 1. The number of ether oxygens (including phenoxy) is 2. The first kappa shape index (κ1) is 13.2. The van der Waals surface area contributed by atoms with Crippen molar-refractivity contribution in [3.63, 3.8) is 0 Å². The Kier molecular flexibility index (Phi) is 5.22.